The highest BCUT2D eigenvalue weighted by molar-refractivity contribution is 9.10. The van der Waals surface area contributed by atoms with Gasteiger partial charge in [0.05, 0.1) is 17.3 Å². The minimum absolute atomic E-state index is 0.605. The fourth-order valence-corrected chi connectivity index (χ4v) is 2.15. The first-order valence-electron chi connectivity index (χ1n) is 4.73. The first-order valence-corrected chi connectivity index (χ1v) is 5.52. The Hall–Kier alpha value is -1.04. The third kappa shape index (κ3) is 1.81. The number of hydrogen-bond donors (Lipinski definition) is 2. The van der Waals surface area contributed by atoms with Crippen LogP contribution < -0.4 is 4.74 Å². The van der Waals surface area contributed by atoms with Gasteiger partial charge in [0, 0.05) is 18.0 Å². The molecule has 0 aliphatic heterocycles. The highest BCUT2D eigenvalue weighted by Crippen LogP contribution is 2.34. The van der Waals surface area contributed by atoms with Crippen LogP contribution in [-0.4, -0.2) is 24.3 Å². The van der Waals surface area contributed by atoms with Gasteiger partial charge < -0.3 is 19.6 Å². The van der Waals surface area contributed by atoms with Gasteiger partial charge in [0.25, 0.3) is 0 Å². The van der Waals surface area contributed by atoms with E-state index < -0.39 is 6.29 Å². The molecule has 1 aromatic carbocycles. The molecule has 0 aliphatic carbocycles. The van der Waals surface area contributed by atoms with Crippen molar-refractivity contribution >= 4 is 26.8 Å². The summed E-state index contributed by atoms with van der Waals surface area (Å²) in [6.07, 6.45) is -0.948. The molecule has 1 heterocycles. The number of benzene rings is 1. The van der Waals surface area contributed by atoms with Gasteiger partial charge >= 0.3 is 0 Å². The Morgan fingerprint density at radius 3 is 2.75 bits per heavy atom. The van der Waals surface area contributed by atoms with E-state index in [1.807, 2.05) is 18.2 Å². The molecule has 4 nitrogen and oxygen atoms in total. The van der Waals surface area contributed by atoms with Crippen molar-refractivity contribution in [3.63, 3.8) is 0 Å². The molecule has 0 fully saturated rings. The van der Waals surface area contributed by atoms with Crippen LogP contribution in [0.5, 0.6) is 5.75 Å². The number of H-pyrrole nitrogens is 1. The van der Waals surface area contributed by atoms with Gasteiger partial charge in [-0.25, -0.2) is 0 Å². The fourth-order valence-electron chi connectivity index (χ4n) is 1.64. The zero-order valence-corrected chi connectivity index (χ0v) is 10.5. The summed E-state index contributed by atoms with van der Waals surface area (Å²) in [4.78, 5) is 3.07. The summed E-state index contributed by atoms with van der Waals surface area (Å²) >= 11 is 3.41. The second kappa shape index (κ2) is 4.45. The maximum atomic E-state index is 9.56. The van der Waals surface area contributed by atoms with Crippen molar-refractivity contribution in [2.24, 2.45) is 0 Å². The number of aromatic nitrogens is 1. The van der Waals surface area contributed by atoms with Gasteiger partial charge in [-0.15, -0.1) is 0 Å². The SMILES string of the molecule is COc1c(Br)ccc2[nH]c(C(O)OC)cc12. The predicted octanol–water partition coefficient (Wildman–Crippen LogP) is 2.58. The fraction of sp³-hybridized carbons (Fsp3) is 0.273. The lowest BCUT2D eigenvalue weighted by Crippen LogP contribution is -1.98. The first kappa shape index (κ1) is 11.4. The smallest absolute Gasteiger partial charge is 0.196 e. The van der Waals surface area contributed by atoms with E-state index in [0.29, 0.717) is 5.69 Å². The molecule has 0 radical (unpaired) electrons. The van der Waals surface area contributed by atoms with E-state index in [0.717, 1.165) is 21.1 Å². The minimum atomic E-state index is -0.948. The largest absolute Gasteiger partial charge is 0.495 e. The first-order chi connectivity index (χ1) is 7.67. The van der Waals surface area contributed by atoms with Crippen molar-refractivity contribution in [3.05, 3.63) is 28.4 Å². The number of aliphatic hydroxyl groups is 1. The van der Waals surface area contributed by atoms with E-state index in [2.05, 4.69) is 20.9 Å². The van der Waals surface area contributed by atoms with E-state index in [1.54, 1.807) is 7.11 Å². The number of rotatable bonds is 3. The number of aromatic amines is 1. The van der Waals surface area contributed by atoms with Crippen molar-refractivity contribution in [2.45, 2.75) is 6.29 Å². The molecule has 16 heavy (non-hydrogen) atoms. The summed E-state index contributed by atoms with van der Waals surface area (Å²) in [6.45, 7) is 0. The molecule has 2 N–H and O–H groups in total. The summed E-state index contributed by atoms with van der Waals surface area (Å²) < 4.78 is 11.0. The Balaban J connectivity index is 2.61. The van der Waals surface area contributed by atoms with Crippen molar-refractivity contribution < 1.29 is 14.6 Å². The van der Waals surface area contributed by atoms with Crippen molar-refractivity contribution in [3.8, 4) is 5.75 Å². The standard InChI is InChI=1S/C11H12BrNO3/c1-15-10-6-5-9(11(14)16-2)13-8(6)4-3-7(10)12/h3-5,11,13-14H,1-2H3. The molecule has 1 aromatic heterocycles. The van der Waals surface area contributed by atoms with E-state index in [1.165, 1.54) is 7.11 Å². The third-order valence-electron chi connectivity index (χ3n) is 2.42. The van der Waals surface area contributed by atoms with Gasteiger partial charge in [0.2, 0.25) is 0 Å². The quantitative estimate of drug-likeness (QED) is 0.853. The Kier molecular flexibility index (Phi) is 3.18. The molecule has 0 saturated carbocycles. The van der Waals surface area contributed by atoms with Crippen LogP contribution in [0.15, 0.2) is 22.7 Å². The summed E-state index contributed by atoms with van der Waals surface area (Å²) in [5, 5.41) is 10.5. The average Bonchev–Trinajstić information content (AvgIpc) is 2.71. The summed E-state index contributed by atoms with van der Waals surface area (Å²) in [5.74, 6) is 0.739. The molecular weight excluding hydrogens is 274 g/mol. The van der Waals surface area contributed by atoms with Crippen LogP contribution in [0.3, 0.4) is 0 Å². The zero-order valence-electron chi connectivity index (χ0n) is 8.95. The summed E-state index contributed by atoms with van der Waals surface area (Å²) in [7, 11) is 3.06. The average molecular weight is 286 g/mol. The zero-order chi connectivity index (χ0) is 11.7. The predicted molar refractivity (Wildman–Crippen MR) is 64.5 cm³/mol. The van der Waals surface area contributed by atoms with Gasteiger partial charge in [0.1, 0.15) is 5.75 Å². The van der Waals surface area contributed by atoms with E-state index in [-0.39, 0.29) is 0 Å². The number of nitrogens with one attached hydrogen (secondary N) is 1. The van der Waals surface area contributed by atoms with Gasteiger partial charge in [-0.1, -0.05) is 0 Å². The summed E-state index contributed by atoms with van der Waals surface area (Å²) in [6, 6.07) is 5.61. The van der Waals surface area contributed by atoms with Crippen molar-refractivity contribution in [1.82, 2.24) is 4.98 Å². The molecule has 2 rings (SSSR count). The van der Waals surface area contributed by atoms with E-state index in [9.17, 15) is 5.11 Å². The monoisotopic (exact) mass is 285 g/mol. The lowest BCUT2D eigenvalue weighted by molar-refractivity contribution is -0.0794. The highest BCUT2D eigenvalue weighted by atomic mass is 79.9. The highest BCUT2D eigenvalue weighted by Gasteiger charge is 2.13. The Bertz CT molecular complexity index is 509. The molecule has 1 atom stereocenters. The molecule has 0 bridgehead atoms. The van der Waals surface area contributed by atoms with Crippen molar-refractivity contribution in [1.29, 1.82) is 0 Å². The second-order valence-electron chi connectivity index (χ2n) is 3.35. The Morgan fingerprint density at radius 2 is 2.12 bits per heavy atom. The van der Waals surface area contributed by atoms with Gasteiger partial charge in [-0.2, -0.15) is 0 Å². The topological polar surface area (TPSA) is 54.5 Å². The van der Waals surface area contributed by atoms with Crippen LogP contribution >= 0.6 is 15.9 Å². The Labute approximate surface area is 101 Å². The van der Waals surface area contributed by atoms with E-state index in [4.69, 9.17) is 9.47 Å². The molecular formula is C11H12BrNO3. The van der Waals surface area contributed by atoms with Crippen molar-refractivity contribution in [2.75, 3.05) is 14.2 Å². The van der Waals surface area contributed by atoms with Crippen LogP contribution in [-0.2, 0) is 4.74 Å². The van der Waals surface area contributed by atoms with Crippen LogP contribution in [0, 0.1) is 0 Å². The number of fused-ring (bicyclic) bond motifs is 1. The van der Waals surface area contributed by atoms with Crippen LogP contribution in [0.25, 0.3) is 10.9 Å². The minimum Gasteiger partial charge on any atom is -0.495 e. The normalized spacial score (nSPS) is 13.0. The second-order valence-corrected chi connectivity index (χ2v) is 4.21. The number of halogens is 1. The molecule has 0 spiro atoms. The molecule has 0 aliphatic rings. The number of methoxy groups -OCH3 is 2. The maximum Gasteiger partial charge on any atom is 0.196 e. The maximum absolute atomic E-state index is 9.56. The number of hydrogen-bond acceptors (Lipinski definition) is 3. The van der Waals surface area contributed by atoms with E-state index >= 15 is 0 Å². The Morgan fingerprint density at radius 1 is 1.38 bits per heavy atom. The molecule has 0 saturated heterocycles. The summed E-state index contributed by atoms with van der Waals surface area (Å²) in [5.41, 5.74) is 1.50. The molecule has 1 unspecified atom stereocenters. The van der Waals surface area contributed by atoms with Gasteiger partial charge in [-0.3, -0.25) is 0 Å². The van der Waals surface area contributed by atoms with Crippen LogP contribution in [0.4, 0.5) is 0 Å². The molecule has 0 amide bonds. The van der Waals surface area contributed by atoms with Crippen LogP contribution in [0.2, 0.25) is 0 Å². The number of aliphatic hydroxyl groups excluding tert-OH is 1. The van der Waals surface area contributed by atoms with Gasteiger partial charge in [-0.05, 0) is 34.1 Å². The molecule has 2 aromatic rings. The molecule has 5 heteroatoms. The third-order valence-corrected chi connectivity index (χ3v) is 3.04. The lowest BCUT2D eigenvalue weighted by Gasteiger charge is -2.04. The number of ether oxygens (including phenoxy) is 2. The van der Waals surface area contributed by atoms with Crippen LogP contribution in [0.1, 0.15) is 12.0 Å². The molecule has 86 valence electrons. The lowest BCUT2D eigenvalue weighted by atomic mass is 10.2. The van der Waals surface area contributed by atoms with Gasteiger partial charge in [0.15, 0.2) is 6.29 Å².